The predicted octanol–water partition coefficient (Wildman–Crippen LogP) is 3.32. The Bertz CT molecular complexity index is 1150. The first-order valence-corrected chi connectivity index (χ1v) is 11.1. The molecular weight excluding hydrogens is 418 g/mol. The Morgan fingerprint density at radius 1 is 1.06 bits per heavy atom. The maximum absolute atomic E-state index is 12.6. The number of hydrogen-bond acceptors (Lipinski definition) is 4. The van der Waals surface area contributed by atoms with Crippen molar-refractivity contribution < 1.29 is 9.59 Å². The molecule has 1 saturated heterocycles. The molecule has 4 amide bonds. The topological polar surface area (TPSA) is 85.7 Å². The summed E-state index contributed by atoms with van der Waals surface area (Å²) in [6, 6.07) is 11.5. The molecule has 1 aliphatic heterocycles. The number of para-hydroxylation sites is 1. The van der Waals surface area contributed by atoms with Crippen molar-refractivity contribution >= 4 is 34.3 Å². The van der Waals surface area contributed by atoms with Gasteiger partial charge in [-0.05, 0) is 31.2 Å². The van der Waals surface area contributed by atoms with E-state index in [9.17, 15) is 9.59 Å². The van der Waals surface area contributed by atoms with Gasteiger partial charge in [0, 0.05) is 70.6 Å². The van der Waals surface area contributed by atoms with Crippen molar-refractivity contribution in [3.8, 4) is 0 Å². The highest BCUT2D eigenvalue weighted by atomic mass is 16.2. The molecule has 2 N–H and O–H groups in total. The fourth-order valence-corrected chi connectivity index (χ4v) is 4.16. The quantitative estimate of drug-likeness (QED) is 0.640. The van der Waals surface area contributed by atoms with Crippen LogP contribution in [-0.2, 0) is 13.6 Å². The number of nitrogens with zero attached hydrogens (tertiary/aromatic N) is 5. The number of rotatable bonds is 4. The minimum Gasteiger partial charge on any atom is -0.345 e. The first-order valence-electron chi connectivity index (χ1n) is 11.1. The Hall–Kier alpha value is -3.59. The van der Waals surface area contributed by atoms with Crippen LogP contribution in [0.1, 0.15) is 11.4 Å². The van der Waals surface area contributed by atoms with Gasteiger partial charge in [-0.2, -0.15) is 0 Å². The fraction of sp³-hybridized carbons (Fsp3) is 0.375. The van der Waals surface area contributed by atoms with Crippen LogP contribution in [0.15, 0.2) is 42.6 Å². The van der Waals surface area contributed by atoms with Gasteiger partial charge in [0.1, 0.15) is 0 Å². The van der Waals surface area contributed by atoms with Crippen molar-refractivity contribution in [1.82, 2.24) is 24.3 Å². The molecule has 0 bridgehead atoms. The lowest BCUT2D eigenvalue weighted by molar-refractivity contribution is 0.119. The van der Waals surface area contributed by atoms with Gasteiger partial charge in [0.15, 0.2) is 0 Å². The molecule has 2 aromatic heterocycles. The molecule has 0 saturated carbocycles. The van der Waals surface area contributed by atoms with Crippen LogP contribution in [0.5, 0.6) is 0 Å². The molecule has 9 nitrogen and oxygen atoms in total. The summed E-state index contributed by atoms with van der Waals surface area (Å²) in [6.07, 6.45) is 1.64. The van der Waals surface area contributed by atoms with Crippen LogP contribution in [0.3, 0.4) is 0 Å². The van der Waals surface area contributed by atoms with Crippen molar-refractivity contribution in [1.29, 1.82) is 0 Å². The van der Waals surface area contributed by atoms with E-state index in [1.54, 1.807) is 25.2 Å². The second kappa shape index (κ2) is 9.50. The largest absolute Gasteiger partial charge is 0.345 e. The number of aryl methyl sites for hydroxylation is 2. The van der Waals surface area contributed by atoms with Crippen LogP contribution in [0.4, 0.5) is 21.0 Å². The van der Waals surface area contributed by atoms with E-state index in [0.717, 1.165) is 60.7 Å². The normalized spacial score (nSPS) is 14.4. The lowest BCUT2D eigenvalue weighted by Crippen LogP contribution is -2.51. The zero-order valence-corrected chi connectivity index (χ0v) is 19.6. The monoisotopic (exact) mass is 449 g/mol. The van der Waals surface area contributed by atoms with Crippen LogP contribution in [-0.4, -0.2) is 76.6 Å². The zero-order chi connectivity index (χ0) is 23.5. The molecular formula is C24H31N7O2. The maximum Gasteiger partial charge on any atom is 0.323 e. The molecule has 0 atom stereocenters. The first-order chi connectivity index (χ1) is 15.8. The number of nitrogens with one attached hydrogen (secondary N) is 2. The number of fused-ring (bicyclic) bond motifs is 1. The number of amides is 4. The number of carbonyl (C=O) groups is 2. The number of aromatic nitrogens is 2. The lowest BCUT2D eigenvalue weighted by Gasteiger charge is -2.35. The molecule has 1 aromatic carbocycles. The second-order valence-electron chi connectivity index (χ2n) is 8.65. The van der Waals surface area contributed by atoms with Gasteiger partial charge in [0.2, 0.25) is 0 Å². The number of piperazine rings is 1. The summed E-state index contributed by atoms with van der Waals surface area (Å²) in [4.78, 5) is 34.8. The number of urea groups is 2. The summed E-state index contributed by atoms with van der Waals surface area (Å²) in [5.41, 5.74) is 4.43. The molecule has 174 valence electrons. The van der Waals surface area contributed by atoms with E-state index < -0.39 is 0 Å². The first kappa shape index (κ1) is 22.6. The summed E-state index contributed by atoms with van der Waals surface area (Å²) in [5, 5.41) is 6.88. The van der Waals surface area contributed by atoms with E-state index in [1.807, 2.05) is 43.1 Å². The van der Waals surface area contributed by atoms with E-state index in [0.29, 0.717) is 5.69 Å². The number of hydrogen-bond donors (Lipinski definition) is 2. The van der Waals surface area contributed by atoms with Crippen LogP contribution < -0.4 is 10.6 Å². The molecule has 33 heavy (non-hydrogen) atoms. The minimum atomic E-state index is -0.308. The van der Waals surface area contributed by atoms with Crippen LogP contribution in [0, 0.1) is 6.92 Å². The SMILES string of the molecule is Cc1ccc(NC(=O)Nc2cccc3cc(CN4CCN(C(=O)N(C)C)CC4)n(C)c23)cn1. The number of carbonyl (C=O) groups excluding carboxylic acids is 2. The highest BCUT2D eigenvalue weighted by Crippen LogP contribution is 2.27. The van der Waals surface area contributed by atoms with Gasteiger partial charge >= 0.3 is 12.1 Å². The summed E-state index contributed by atoms with van der Waals surface area (Å²) >= 11 is 0. The molecule has 4 rings (SSSR count). The standard InChI is InChI=1S/C24H31N7O2/c1-17-8-9-19(15-25-17)26-23(32)27-21-7-5-6-18-14-20(29(4)22(18)21)16-30-10-12-31(13-11-30)24(33)28(2)3/h5-9,14-15H,10-13,16H2,1-4H3,(H2,26,27,32). The maximum atomic E-state index is 12.6. The fourth-order valence-electron chi connectivity index (χ4n) is 4.16. The zero-order valence-electron chi connectivity index (χ0n) is 19.6. The van der Waals surface area contributed by atoms with Gasteiger partial charge in [-0.3, -0.25) is 9.88 Å². The Morgan fingerprint density at radius 3 is 2.48 bits per heavy atom. The molecule has 1 fully saturated rings. The van der Waals surface area contributed by atoms with Gasteiger partial charge < -0.3 is 25.0 Å². The number of anilines is 2. The van der Waals surface area contributed by atoms with Crippen molar-refractivity contribution in [2.45, 2.75) is 13.5 Å². The van der Waals surface area contributed by atoms with Crippen LogP contribution in [0.25, 0.3) is 10.9 Å². The van der Waals surface area contributed by atoms with Gasteiger partial charge in [-0.15, -0.1) is 0 Å². The smallest absolute Gasteiger partial charge is 0.323 e. The van der Waals surface area contributed by atoms with E-state index in [2.05, 4.69) is 37.2 Å². The van der Waals surface area contributed by atoms with Crippen LogP contribution >= 0.6 is 0 Å². The number of pyridine rings is 1. The highest BCUT2D eigenvalue weighted by molar-refractivity contribution is 6.05. The Kier molecular flexibility index (Phi) is 6.50. The summed E-state index contributed by atoms with van der Waals surface area (Å²) in [7, 11) is 5.60. The Labute approximate surface area is 194 Å². The van der Waals surface area contributed by atoms with E-state index >= 15 is 0 Å². The van der Waals surface area contributed by atoms with Gasteiger partial charge in [0.05, 0.1) is 23.1 Å². The third-order valence-electron chi connectivity index (χ3n) is 5.98. The minimum absolute atomic E-state index is 0.0645. The summed E-state index contributed by atoms with van der Waals surface area (Å²) in [6.45, 7) is 5.80. The molecule has 0 spiro atoms. The molecule has 1 aliphatic rings. The average molecular weight is 450 g/mol. The highest BCUT2D eigenvalue weighted by Gasteiger charge is 2.23. The summed E-state index contributed by atoms with van der Waals surface area (Å²) < 4.78 is 2.13. The lowest BCUT2D eigenvalue weighted by atomic mass is 10.2. The van der Waals surface area contributed by atoms with E-state index in [4.69, 9.17) is 0 Å². The molecule has 9 heteroatoms. The molecule has 3 aromatic rings. The Balaban J connectivity index is 1.45. The van der Waals surface area contributed by atoms with E-state index in [-0.39, 0.29) is 12.1 Å². The van der Waals surface area contributed by atoms with Gasteiger partial charge in [-0.25, -0.2) is 9.59 Å². The van der Waals surface area contributed by atoms with Gasteiger partial charge in [-0.1, -0.05) is 12.1 Å². The van der Waals surface area contributed by atoms with Crippen molar-refractivity contribution in [2.75, 3.05) is 50.9 Å². The second-order valence-corrected chi connectivity index (χ2v) is 8.65. The average Bonchev–Trinajstić information content (AvgIpc) is 3.11. The van der Waals surface area contributed by atoms with Gasteiger partial charge in [0.25, 0.3) is 0 Å². The van der Waals surface area contributed by atoms with Crippen LogP contribution in [0.2, 0.25) is 0 Å². The molecule has 0 radical (unpaired) electrons. The third kappa shape index (κ3) is 5.09. The van der Waals surface area contributed by atoms with Crippen molar-refractivity contribution in [3.63, 3.8) is 0 Å². The summed E-state index contributed by atoms with van der Waals surface area (Å²) in [5.74, 6) is 0. The third-order valence-corrected chi connectivity index (χ3v) is 5.98. The molecule has 0 aliphatic carbocycles. The molecule has 0 unspecified atom stereocenters. The predicted molar refractivity (Wildman–Crippen MR) is 130 cm³/mol. The Morgan fingerprint density at radius 2 is 1.82 bits per heavy atom. The van der Waals surface area contributed by atoms with Crippen molar-refractivity contribution in [2.24, 2.45) is 7.05 Å². The number of benzene rings is 1. The molecule has 3 heterocycles. The van der Waals surface area contributed by atoms with E-state index in [1.165, 1.54) is 0 Å². The van der Waals surface area contributed by atoms with Crippen molar-refractivity contribution in [3.05, 3.63) is 54.0 Å².